The Morgan fingerprint density at radius 1 is 0.955 bits per heavy atom. The van der Waals surface area contributed by atoms with E-state index in [-0.39, 0.29) is 5.92 Å². The zero-order chi connectivity index (χ0) is 16.0. The van der Waals surface area contributed by atoms with Crippen LogP contribution in [0.4, 0.5) is 0 Å². The number of rotatable bonds is 13. The van der Waals surface area contributed by atoms with Gasteiger partial charge in [-0.25, -0.2) is 0 Å². The minimum atomic E-state index is 0.192. The van der Waals surface area contributed by atoms with Crippen LogP contribution in [0, 0.1) is 11.8 Å². The van der Waals surface area contributed by atoms with Gasteiger partial charge >= 0.3 is 0 Å². The molecule has 2 nitrogen and oxygen atoms in total. The lowest BCUT2D eigenvalue weighted by molar-refractivity contribution is -0.110. The number of carbonyl (C=O) groups excluding carboxylic acids is 1. The summed E-state index contributed by atoms with van der Waals surface area (Å²) in [6.07, 6.45) is 19.6. The maximum atomic E-state index is 10.9. The Labute approximate surface area is 137 Å². The summed E-state index contributed by atoms with van der Waals surface area (Å²) in [7, 11) is 0. The molecule has 2 unspecified atom stereocenters. The van der Waals surface area contributed by atoms with E-state index in [2.05, 4.69) is 13.0 Å². The van der Waals surface area contributed by atoms with E-state index in [1.54, 1.807) is 0 Å². The Bertz CT molecular complexity index is 309. The summed E-state index contributed by atoms with van der Waals surface area (Å²) in [5.41, 5.74) is 1.53. The molecule has 128 valence electrons. The van der Waals surface area contributed by atoms with E-state index in [1.165, 1.54) is 76.2 Å². The number of carbonyl (C=O) groups is 1. The lowest BCUT2D eigenvalue weighted by Gasteiger charge is -2.23. The Balaban J connectivity index is 1.94. The van der Waals surface area contributed by atoms with Crippen LogP contribution in [0.3, 0.4) is 0 Å². The van der Waals surface area contributed by atoms with Crippen molar-refractivity contribution < 1.29 is 9.90 Å². The SMILES string of the molecule is CC1CCC(C=O)C=C1CCCCCCCCCCCCO. The van der Waals surface area contributed by atoms with Crippen molar-refractivity contribution in [2.75, 3.05) is 6.61 Å². The third-order valence-electron chi connectivity index (χ3n) is 5.04. The van der Waals surface area contributed by atoms with Crippen LogP contribution in [-0.2, 0) is 4.79 Å². The molecule has 0 spiro atoms. The van der Waals surface area contributed by atoms with Gasteiger partial charge in [-0.1, -0.05) is 69.9 Å². The molecule has 2 atom stereocenters. The molecular weight excluding hydrogens is 272 g/mol. The first kappa shape index (κ1) is 19.4. The van der Waals surface area contributed by atoms with Crippen LogP contribution < -0.4 is 0 Å². The topological polar surface area (TPSA) is 37.3 Å². The molecule has 0 aliphatic heterocycles. The highest BCUT2D eigenvalue weighted by Crippen LogP contribution is 2.30. The molecule has 0 fully saturated rings. The lowest BCUT2D eigenvalue weighted by Crippen LogP contribution is -2.12. The van der Waals surface area contributed by atoms with Crippen molar-refractivity contribution in [3.8, 4) is 0 Å². The molecule has 22 heavy (non-hydrogen) atoms. The van der Waals surface area contributed by atoms with Crippen molar-refractivity contribution in [2.45, 2.75) is 90.4 Å². The highest BCUT2D eigenvalue weighted by molar-refractivity contribution is 5.57. The number of unbranched alkanes of at least 4 members (excludes halogenated alkanes) is 9. The fourth-order valence-corrected chi connectivity index (χ4v) is 3.44. The van der Waals surface area contributed by atoms with Crippen molar-refractivity contribution in [3.63, 3.8) is 0 Å². The summed E-state index contributed by atoms with van der Waals surface area (Å²) in [5.74, 6) is 0.882. The highest BCUT2D eigenvalue weighted by atomic mass is 16.2. The van der Waals surface area contributed by atoms with Gasteiger partial charge in [-0.05, 0) is 38.0 Å². The predicted molar refractivity (Wildman–Crippen MR) is 93.9 cm³/mol. The third kappa shape index (κ3) is 8.73. The Morgan fingerprint density at radius 3 is 2.05 bits per heavy atom. The number of aliphatic hydroxyl groups excluding tert-OH is 1. The molecular formula is C20H36O2. The third-order valence-corrected chi connectivity index (χ3v) is 5.04. The van der Waals surface area contributed by atoms with Gasteiger partial charge in [0.05, 0.1) is 0 Å². The molecule has 1 N–H and O–H groups in total. The van der Waals surface area contributed by atoms with E-state index in [0.29, 0.717) is 12.5 Å². The highest BCUT2D eigenvalue weighted by Gasteiger charge is 2.18. The minimum absolute atomic E-state index is 0.192. The van der Waals surface area contributed by atoms with Gasteiger partial charge < -0.3 is 9.90 Å². The quantitative estimate of drug-likeness (QED) is 0.279. The summed E-state index contributed by atoms with van der Waals surface area (Å²) in [6, 6.07) is 0. The first-order valence-electron chi connectivity index (χ1n) is 9.54. The smallest absolute Gasteiger partial charge is 0.126 e. The molecule has 0 bridgehead atoms. The first-order valence-corrected chi connectivity index (χ1v) is 9.54. The van der Waals surface area contributed by atoms with Gasteiger partial charge in [0.25, 0.3) is 0 Å². The number of allylic oxidation sites excluding steroid dienone is 2. The molecule has 0 saturated carbocycles. The summed E-state index contributed by atoms with van der Waals surface area (Å²) in [4.78, 5) is 10.9. The normalized spacial score (nSPS) is 21.6. The summed E-state index contributed by atoms with van der Waals surface area (Å²) in [5, 5.41) is 8.71. The molecule has 0 aromatic carbocycles. The summed E-state index contributed by atoms with van der Waals surface area (Å²) >= 11 is 0. The van der Waals surface area contributed by atoms with Crippen molar-refractivity contribution in [3.05, 3.63) is 11.6 Å². The van der Waals surface area contributed by atoms with Crippen LogP contribution in [0.2, 0.25) is 0 Å². The van der Waals surface area contributed by atoms with Gasteiger partial charge in [0.15, 0.2) is 0 Å². The van der Waals surface area contributed by atoms with Gasteiger partial charge in [-0.2, -0.15) is 0 Å². The zero-order valence-electron chi connectivity index (χ0n) is 14.6. The second-order valence-corrected chi connectivity index (χ2v) is 7.03. The number of aliphatic hydroxyl groups is 1. The van der Waals surface area contributed by atoms with Crippen molar-refractivity contribution in [2.24, 2.45) is 11.8 Å². The maximum Gasteiger partial charge on any atom is 0.126 e. The fraction of sp³-hybridized carbons (Fsp3) is 0.850. The van der Waals surface area contributed by atoms with Gasteiger partial charge in [0, 0.05) is 12.5 Å². The number of hydrogen-bond donors (Lipinski definition) is 1. The molecule has 0 heterocycles. The van der Waals surface area contributed by atoms with Gasteiger partial charge in [0.1, 0.15) is 6.29 Å². The van der Waals surface area contributed by atoms with Crippen LogP contribution in [0.15, 0.2) is 11.6 Å². The van der Waals surface area contributed by atoms with Crippen LogP contribution in [0.1, 0.15) is 90.4 Å². The summed E-state index contributed by atoms with van der Waals surface area (Å²) in [6.45, 7) is 2.66. The molecule has 0 amide bonds. The average Bonchev–Trinajstić information content (AvgIpc) is 2.54. The molecule has 2 heteroatoms. The van der Waals surface area contributed by atoms with E-state index in [4.69, 9.17) is 5.11 Å². The van der Waals surface area contributed by atoms with Crippen molar-refractivity contribution >= 4 is 6.29 Å². The maximum absolute atomic E-state index is 10.9. The van der Waals surface area contributed by atoms with E-state index < -0.39 is 0 Å². The fourth-order valence-electron chi connectivity index (χ4n) is 3.44. The van der Waals surface area contributed by atoms with E-state index in [1.807, 2.05) is 0 Å². The van der Waals surface area contributed by atoms with Crippen LogP contribution in [0.5, 0.6) is 0 Å². The Kier molecular flexibility index (Phi) is 11.4. The van der Waals surface area contributed by atoms with Gasteiger partial charge in [-0.15, -0.1) is 0 Å². The molecule has 0 saturated heterocycles. The predicted octanol–water partition coefficient (Wildman–Crippen LogP) is 5.44. The molecule has 1 aliphatic rings. The molecule has 0 aromatic rings. The van der Waals surface area contributed by atoms with Crippen LogP contribution >= 0.6 is 0 Å². The molecule has 0 radical (unpaired) electrons. The lowest BCUT2D eigenvalue weighted by atomic mass is 9.82. The monoisotopic (exact) mass is 308 g/mol. The van der Waals surface area contributed by atoms with Crippen molar-refractivity contribution in [1.82, 2.24) is 0 Å². The van der Waals surface area contributed by atoms with Gasteiger partial charge in [-0.3, -0.25) is 0 Å². The number of aldehydes is 1. The van der Waals surface area contributed by atoms with E-state index in [9.17, 15) is 4.79 Å². The zero-order valence-corrected chi connectivity index (χ0v) is 14.6. The summed E-state index contributed by atoms with van der Waals surface area (Å²) < 4.78 is 0. The second-order valence-electron chi connectivity index (χ2n) is 7.03. The van der Waals surface area contributed by atoms with Crippen LogP contribution in [-0.4, -0.2) is 18.0 Å². The standard InChI is InChI=1S/C20H36O2/c1-18-13-14-19(17-22)16-20(18)12-10-8-6-4-2-3-5-7-9-11-15-21/h16-19,21H,2-15H2,1H3. The number of hydrogen-bond acceptors (Lipinski definition) is 2. The van der Waals surface area contributed by atoms with E-state index >= 15 is 0 Å². The Morgan fingerprint density at radius 2 is 1.50 bits per heavy atom. The van der Waals surface area contributed by atoms with E-state index in [0.717, 1.165) is 19.1 Å². The minimum Gasteiger partial charge on any atom is -0.396 e. The van der Waals surface area contributed by atoms with Crippen molar-refractivity contribution in [1.29, 1.82) is 0 Å². The second kappa shape index (κ2) is 12.9. The van der Waals surface area contributed by atoms with Crippen LogP contribution in [0.25, 0.3) is 0 Å². The Hall–Kier alpha value is -0.630. The largest absolute Gasteiger partial charge is 0.396 e. The molecule has 0 aromatic heterocycles. The average molecular weight is 309 g/mol. The molecule has 1 rings (SSSR count). The first-order chi connectivity index (χ1) is 10.8. The molecule has 1 aliphatic carbocycles. The van der Waals surface area contributed by atoms with Gasteiger partial charge in [0.2, 0.25) is 0 Å².